The molecule has 4 heteroatoms. The zero-order chi connectivity index (χ0) is 10.8. The van der Waals surface area contributed by atoms with Gasteiger partial charge in [-0.15, -0.1) is 11.3 Å². The molecule has 1 aromatic rings. The molecule has 1 saturated heterocycles. The summed E-state index contributed by atoms with van der Waals surface area (Å²) in [7, 11) is 0. The molecule has 2 heterocycles. The summed E-state index contributed by atoms with van der Waals surface area (Å²) in [4.78, 5) is 14.8. The Bertz CT molecular complexity index is 336. The monoisotopic (exact) mass is 225 g/mol. The minimum absolute atomic E-state index is 0.132. The summed E-state index contributed by atoms with van der Waals surface area (Å²) in [5.41, 5.74) is 0. The van der Waals surface area contributed by atoms with Crippen LogP contribution in [0.5, 0.6) is 0 Å². The Labute approximate surface area is 93.7 Å². The van der Waals surface area contributed by atoms with Crippen molar-refractivity contribution >= 4 is 17.2 Å². The van der Waals surface area contributed by atoms with Gasteiger partial charge in [-0.25, -0.2) is 0 Å². The fourth-order valence-electron chi connectivity index (χ4n) is 1.73. The second kappa shape index (κ2) is 4.33. The predicted molar refractivity (Wildman–Crippen MR) is 60.2 cm³/mol. The average Bonchev–Trinajstić information content (AvgIpc) is 2.74. The number of rotatable bonds is 1. The third-order valence-electron chi connectivity index (χ3n) is 2.60. The van der Waals surface area contributed by atoms with Gasteiger partial charge in [0.15, 0.2) is 0 Å². The highest BCUT2D eigenvalue weighted by Gasteiger charge is 2.28. The SMILES string of the molecule is CC1CN(C(=O)c2cccs2)C(C)CO1. The largest absolute Gasteiger partial charge is 0.375 e. The molecular formula is C11H15NO2S. The lowest BCUT2D eigenvalue weighted by Gasteiger charge is -2.36. The molecule has 0 saturated carbocycles. The van der Waals surface area contributed by atoms with E-state index in [9.17, 15) is 4.79 Å². The van der Waals surface area contributed by atoms with Crippen LogP contribution in [0.1, 0.15) is 23.5 Å². The first kappa shape index (κ1) is 10.6. The molecular weight excluding hydrogens is 210 g/mol. The van der Waals surface area contributed by atoms with Crippen LogP contribution in [0.2, 0.25) is 0 Å². The van der Waals surface area contributed by atoms with Gasteiger partial charge < -0.3 is 9.64 Å². The third kappa shape index (κ3) is 2.21. The van der Waals surface area contributed by atoms with Crippen LogP contribution in [0.4, 0.5) is 0 Å². The number of ether oxygens (including phenoxy) is 1. The first-order chi connectivity index (χ1) is 7.18. The van der Waals surface area contributed by atoms with Gasteiger partial charge in [0.05, 0.1) is 23.6 Å². The number of thiophene rings is 1. The van der Waals surface area contributed by atoms with Crippen molar-refractivity contribution in [3.8, 4) is 0 Å². The topological polar surface area (TPSA) is 29.5 Å². The molecule has 1 aliphatic heterocycles. The van der Waals surface area contributed by atoms with Gasteiger partial charge in [0.2, 0.25) is 0 Å². The molecule has 2 unspecified atom stereocenters. The van der Waals surface area contributed by atoms with Crippen LogP contribution >= 0.6 is 11.3 Å². The van der Waals surface area contributed by atoms with Gasteiger partial charge in [0.1, 0.15) is 0 Å². The van der Waals surface area contributed by atoms with E-state index in [1.165, 1.54) is 11.3 Å². The van der Waals surface area contributed by atoms with Gasteiger partial charge in [-0.2, -0.15) is 0 Å². The van der Waals surface area contributed by atoms with Crippen LogP contribution in [0, 0.1) is 0 Å². The quantitative estimate of drug-likeness (QED) is 0.731. The lowest BCUT2D eigenvalue weighted by molar-refractivity contribution is -0.0385. The van der Waals surface area contributed by atoms with E-state index in [2.05, 4.69) is 0 Å². The second-order valence-corrected chi connectivity index (χ2v) is 4.88. The zero-order valence-corrected chi connectivity index (χ0v) is 9.79. The van der Waals surface area contributed by atoms with Crippen LogP contribution in [0.15, 0.2) is 17.5 Å². The zero-order valence-electron chi connectivity index (χ0n) is 8.97. The second-order valence-electron chi connectivity index (χ2n) is 3.93. The van der Waals surface area contributed by atoms with Crippen LogP contribution in [-0.2, 0) is 4.74 Å². The maximum absolute atomic E-state index is 12.1. The number of nitrogens with zero attached hydrogens (tertiary/aromatic N) is 1. The van der Waals surface area contributed by atoms with E-state index < -0.39 is 0 Å². The number of amides is 1. The minimum atomic E-state index is 0.132. The van der Waals surface area contributed by atoms with Crippen molar-refractivity contribution in [1.82, 2.24) is 4.90 Å². The highest BCUT2D eigenvalue weighted by molar-refractivity contribution is 7.12. The summed E-state index contributed by atoms with van der Waals surface area (Å²) in [6.07, 6.45) is 0.144. The first-order valence-corrected chi connectivity index (χ1v) is 6.02. The molecule has 3 nitrogen and oxygen atoms in total. The Kier molecular flexibility index (Phi) is 3.07. The Morgan fingerprint density at radius 1 is 1.60 bits per heavy atom. The standard InChI is InChI=1S/C11H15NO2S/c1-8-7-14-9(2)6-12(8)11(13)10-4-3-5-15-10/h3-5,8-9H,6-7H2,1-2H3. The molecule has 1 amide bonds. The molecule has 1 aliphatic rings. The maximum Gasteiger partial charge on any atom is 0.264 e. The molecule has 0 bridgehead atoms. The summed E-state index contributed by atoms with van der Waals surface area (Å²) < 4.78 is 5.50. The van der Waals surface area contributed by atoms with Gasteiger partial charge in [0, 0.05) is 6.54 Å². The third-order valence-corrected chi connectivity index (χ3v) is 3.46. The number of carbonyl (C=O) groups excluding carboxylic acids is 1. The van der Waals surface area contributed by atoms with Gasteiger partial charge >= 0.3 is 0 Å². The van der Waals surface area contributed by atoms with E-state index >= 15 is 0 Å². The van der Waals surface area contributed by atoms with E-state index in [0.717, 1.165) is 4.88 Å². The number of hydrogen-bond donors (Lipinski definition) is 0. The van der Waals surface area contributed by atoms with Crippen molar-refractivity contribution in [3.05, 3.63) is 22.4 Å². The first-order valence-electron chi connectivity index (χ1n) is 5.14. The van der Waals surface area contributed by atoms with Gasteiger partial charge in [-0.1, -0.05) is 6.07 Å². The lowest BCUT2D eigenvalue weighted by Crippen LogP contribution is -2.50. The Morgan fingerprint density at radius 3 is 3.07 bits per heavy atom. The fourth-order valence-corrected chi connectivity index (χ4v) is 2.41. The summed E-state index contributed by atoms with van der Waals surface area (Å²) in [5.74, 6) is 0.132. The van der Waals surface area contributed by atoms with Crippen molar-refractivity contribution in [3.63, 3.8) is 0 Å². The Morgan fingerprint density at radius 2 is 2.40 bits per heavy atom. The smallest absolute Gasteiger partial charge is 0.264 e. The average molecular weight is 225 g/mol. The number of carbonyl (C=O) groups is 1. The van der Waals surface area contributed by atoms with E-state index in [4.69, 9.17) is 4.74 Å². The molecule has 1 fully saturated rings. The molecule has 1 aromatic heterocycles. The van der Waals surface area contributed by atoms with Crippen LogP contribution in [-0.4, -0.2) is 36.1 Å². The van der Waals surface area contributed by atoms with Crippen LogP contribution in [0.3, 0.4) is 0 Å². The van der Waals surface area contributed by atoms with Crippen LogP contribution in [0.25, 0.3) is 0 Å². The normalized spacial score (nSPS) is 26.7. The van der Waals surface area contributed by atoms with Gasteiger partial charge in [-0.05, 0) is 25.3 Å². The molecule has 82 valence electrons. The molecule has 15 heavy (non-hydrogen) atoms. The van der Waals surface area contributed by atoms with E-state index in [-0.39, 0.29) is 18.1 Å². The van der Waals surface area contributed by atoms with Crippen molar-refractivity contribution in [2.75, 3.05) is 13.2 Å². The molecule has 2 rings (SSSR count). The molecule has 2 atom stereocenters. The van der Waals surface area contributed by atoms with Crippen molar-refractivity contribution < 1.29 is 9.53 Å². The van der Waals surface area contributed by atoms with E-state index in [1.807, 2.05) is 36.3 Å². The Hall–Kier alpha value is -0.870. The highest BCUT2D eigenvalue weighted by atomic mass is 32.1. The van der Waals surface area contributed by atoms with E-state index in [1.54, 1.807) is 0 Å². The fraction of sp³-hybridized carbons (Fsp3) is 0.545. The number of morpholine rings is 1. The summed E-state index contributed by atoms with van der Waals surface area (Å²) in [6.45, 7) is 5.36. The van der Waals surface area contributed by atoms with Gasteiger partial charge in [0.25, 0.3) is 5.91 Å². The molecule has 0 aliphatic carbocycles. The summed E-state index contributed by atoms with van der Waals surface area (Å²) >= 11 is 1.50. The molecule has 0 N–H and O–H groups in total. The van der Waals surface area contributed by atoms with Crippen molar-refractivity contribution in [1.29, 1.82) is 0 Å². The number of hydrogen-bond acceptors (Lipinski definition) is 3. The van der Waals surface area contributed by atoms with Gasteiger partial charge in [-0.3, -0.25) is 4.79 Å². The molecule has 0 aromatic carbocycles. The Balaban J connectivity index is 2.12. The predicted octanol–water partition coefficient (Wildman–Crippen LogP) is 2.00. The summed E-state index contributed by atoms with van der Waals surface area (Å²) in [5, 5.41) is 1.93. The van der Waals surface area contributed by atoms with E-state index in [0.29, 0.717) is 13.2 Å². The summed E-state index contributed by atoms with van der Waals surface area (Å²) in [6, 6.07) is 3.96. The minimum Gasteiger partial charge on any atom is -0.375 e. The maximum atomic E-state index is 12.1. The lowest BCUT2D eigenvalue weighted by atomic mass is 10.2. The van der Waals surface area contributed by atoms with Crippen molar-refractivity contribution in [2.45, 2.75) is 26.0 Å². The van der Waals surface area contributed by atoms with Crippen molar-refractivity contribution in [2.24, 2.45) is 0 Å². The van der Waals surface area contributed by atoms with Crippen LogP contribution < -0.4 is 0 Å². The molecule has 0 radical (unpaired) electrons. The molecule has 0 spiro atoms. The highest BCUT2D eigenvalue weighted by Crippen LogP contribution is 2.18.